The van der Waals surface area contributed by atoms with Gasteiger partial charge in [0.15, 0.2) is 12.2 Å². The first-order valence-electron chi connectivity index (χ1n) is 37.8. The zero-order valence-corrected chi connectivity index (χ0v) is 62.3. The molecule has 0 spiro atoms. The lowest BCUT2D eigenvalue weighted by molar-refractivity contribution is -0.161. The molecule has 0 radical (unpaired) electrons. The van der Waals surface area contributed by atoms with Gasteiger partial charge in [-0.1, -0.05) is 293 Å². The number of hydrogen-bond donors (Lipinski definition) is 3. The van der Waals surface area contributed by atoms with E-state index in [1.54, 1.807) is 0 Å². The monoisotopic (exact) mass is 1390 g/mol. The van der Waals surface area contributed by atoms with Gasteiger partial charge in [-0.2, -0.15) is 0 Å². The van der Waals surface area contributed by atoms with Gasteiger partial charge in [-0.25, -0.2) is 9.13 Å². The fourth-order valence-corrected chi connectivity index (χ4v) is 11.7. The number of esters is 4. The van der Waals surface area contributed by atoms with Crippen molar-refractivity contribution in [1.82, 2.24) is 0 Å². The highest BCUT2D eigenvalue weighted by Gasteiger charge is 2.30. The van der Waals surface area contributed by atoms with Crippen LogP contribution in [0.1, 0.15) is 323 Å². The molecule has 3 N–H and O–H groups in total. The Morgan fingerprint density at radius 2 is 0.562 bits per heavy atom. The van der Waals surface area contributed by atoms with Crippen LogP contribution in [-0.2, 0) is 65.4 Å². The number of aliphatic hydroxyl groups is 1. The topological polar surface area (TPSA) is 237 Å². The number of ether oxygens (including phenoxy) is 4. The van der Waals surface area contributed by atoms with Gasteiger partial charge < -0.3 is 33.8 Å². The number of carbonyl (C=O) groups is 4. The van der Waals surface area contributed by atoms with Gasteiger partial charge in [-0.15, -0.1) is 0 Å². The maximum Gasteiger partial charge on any atom is 0.472 e. The molecule has 0 bridgehead atoms. The van der Waals surface area contributed by atoms with E-state index in [0.29, 0.717) is 32.1 Å². The van der Waals surface area contributed by atoms with Gasteiger partial charge in [0, 0.05) is 25.7 Å². The zero-order chi connectivity index (χ0) is 70.4. The van der Waals surface area contributed by atoms with Gasteiger partial charge in [0.1, 0.15) is 19.3 Å². The summed E-state index contributed by atoms with van der Waals surface area (Å²) in [6, 6.07) is 0. The Balaban J connectivity index is 5.33. The maximum absolute atomic E-state index is 13.0. The third-order valence-corrected chi connectivity index (χ3v) is 17.8. The molecule has 19 heteroatoms. The van der Waals surface area contributed by atoms with E-state index in [2.05, 4.69) is 94.5 Å². The number of rotatable bonds is 71. The summed E-state index contributed by atoms with van der Waals surface area (Å²) >= 11 is 0. The van der Waals surface area contributed by atoms with Crippen LogP contribution in [0.15, 0.2) is 85.1 Å². The highest BCUT2D eigenvalue weighted by atomic mass is 31.2. The van der Waals surface area contributed by atoms with Crippen molar-refractivity contribution in [3.05, 3.63) is 85.1 Å². The molecule has 0 heterocycles. The summed E-state index contributed by atoms with van der Waals surface area (Å²) in [7, 11) is -9.95. The van der Waals surface area contributed by atoms with Gasteiger partial charge in [0.2, 0.25) is 0 Å². The maximum atomic E-state index is 13.0. The predicted molar refractivity (Wildman–Crippen MR) is 390 cm³/mol. The van der Waals surface area contributed by atoms with E-state index in [1.807, 2.05) is 18.2 Å². The first-order chi connectivity index (χ1) is 46.7. The van der Waals surface area contributed by atoms with E-state index in [9.17, 15) is 43.2 Å². The molecule has 0 aromatic carbocycles. The summed E-state index contributed by atoms with van der Waals surface area (Å²) in [6.07, 6.45) is 70.3. The smallest absolute Gasteiger partial charge is 0.462 e. The van der Waals surface area contributed by atoms with E-state index >= 15 is 0 Å². The van der Waals surface area contributed by atoms with E-state index in [-0.39, 0.29) is 25.7 Å². The summed E-state index contributed by atoms with van der Waals surface area (Å²) in [5.74, 6) is -2.26. The van der Waals surface area contributed by atoms with Crippen molar-refractivity contribution in [2.24, 2.45) is 0 Å². The largest absolute Gasteiger partial charge is 0.472 e. The van der Waals surface area contributed by atoms with Gasteiger partial charge in [-0.3, -0.25) is 37.3 Å². The van der Waals surface area contributed by atoms with E-state index in [1.165, 1.54) is 116 Å². The van der Waals surface area contributed by atoms with Crippen molar-refractivity contribution in [2.75, 3.05) is 39.6 Å². The minimum Gasteiger partial charge on any atom is -0.462 e. The van der Waals surface area contributed by atoms with Gasteiger partial charge in [0.25, 0.3) is 0 Å². The quantitative estimate of drug-likeness (QED) is 0.0169. The van der Waals surface area contributed by atoms with Gasteiger partial charge in [0.05, 0.1) is 26.4 Å². The first kappa shape index (κ1) is 92.2. The minimum atomic E-state index is -4.98. The molecular weight excluding hydrogens is 1260 g/mol. The van der Waals surface area contributed by atoms with Crippen molar-refractivity contribution >= 4 is 39.5 Å². The van der Waals surface area contributed by atoms with Crippen LogP contribution in [0.5, 0.6) is 0 Å². The number of hydrogen-bond acceptors (Lipinski definition) is 15. The number of carbonyl (C=O) groups excluding carboxylic acids is 4. The van der Waals surface area contributed by atoms with Crippen LogP contribution in [0.4, 0.5) is 0 Å². The van der Waals surface area contributed by atoms with Crippen LogP contribution < -0.4 is 0 Å². The molecule has 0 saturated heterocycles. The molecule has 0 aromatic rings. The summed E-state index contributed by atoms with van der Waals surface area (Å²) in [4.78, 5) is 72.7. The van der Waals surface area contributed by atoms with Crippen molar-refractivity contribution in [3.8, 4) is 0 Å². The summed E-state index contributed by atoms with van der Waals surface area (Å²) in [5, 5.41) is 10.6. The molecule has 0 aromatic heterocycles. The number of allylic oxidation sites excluding steroid dienone is 14. The molecule has 556 valence electrons. The van der Waals surface area contributed by atoms with Crippen molar-refractivity contribution in [3.63, 3.8) is 0 Å². The molecule has 0 aliphatic carbocycles. The van der Waals surface area contributed by atoms with Crippen LogP contribution in [0.2, 0.25) is 0 Å². The fraction of sp³-hybridized carbons (Fsp3) is 0.766. The Morgan fingerprint density at radius 1 is 0.302 bits per heavy atom. The molecule has 0 fully saturated rings. The fourth-order valence-electron chi connectivity index (χ4n) is 10.1. The average Bonchev–Trinajstić information content (AvgIpc) is 1.15. The molecule has 96 heavy (non-hydrogen) atoms. The lowest BCUT2D eigenvalue weighted by Gasteiger charge is -2.21. The highest BCUT2D eigenvalue weighted by Crippen LogP contribution is 2.45. The molecule has 0 amide bonds. The lowest BCUT2D eigenvalue weighted by atomic mass is 10.1. The second-order valence-corrected chi connectivity index (χ2v) is 28.1. The predicted octanol–water partition coefficient (Wildman–Crippen LogP) is 21.4. The lowest BCUT2D eigenvalue weighted by Crippen LogP contribution is -2.30. The normalized spacial score (nSPS) is 14.4. The third kappa shape index (κ3) is 68.8. The Morgan fingerprint density at radius 3 is 0.896 bits per heavy atom. The number of phosphoric ester groups is 2. The van der Waals surface area contributed by atoms with Crippen molar-refractivity contribution < 1.29 is 80.2 Å². The Labute approximate surface area is 583 Å². The van der Waals surface area contributed by atoms with Gasteiger partial charge >= 0.3 is 39.5 Å². The highest BCUT2D eigenvalue weighted by molar-refractivity contribution is 7.47. The Bertz CT molecular complexity index is 2160. The second kappa shape index (κ2) is 69.7. The SMILES string of the molecule is CC/C=C\C/C=C\C/C=C\C/C=C\C/C=C\C/C=C\CCC(=O)OCC(COP(=O)(O)OCC(O)COP(=O)(O)OCC(COC(=O)CCCCCCC/C=C\CCCCCCCC)OC(=O)CCCCCCCCCCCCC)OC(=O)CCCCCCCCCCCCC. The van der Waals surface area contributed by atoms with E-state index in [4.69, 9.17) is 37.0 Å². The van der Waals surface area contributed by atoms with Crippen LogP contribution in [-0.4, -0.2) is 96.7 Å². The van der Waals surface area contributed by atoms with Crippen LogP contribution in [0.25, 0.3) is 0 Å². The van der Waals surface area contributed by atoms with Gasteiger partial charge in [-0.05, 0) is 89.9 Å². The molecule has 5 unspecified atom stereocenters. The van der Waals surface area contributed by atoms with Crippen LogP contribution in [0.3, 0.4) is 0 Å². The summed E-state index contributed by atoms with van der Waals surface area (Å²) in [6.45, 7) is 4.67. The number of phosphoric acid groups is 2. The number of aliphatic hydroxyl groups excluding tert-OH is 1. The molecule has 0 rings (SSSR count). The van der Waals surface area contributed by atoms with Crippen molar-refractivity contribution in [1.29, 1.82) is 0 Å². The minimum absolute atomic E-state index is 0.0388. The molecule has 17 nitrogen and oxygen atoms in total. The summed E-state index contributed by atoms with van der Waals surface area (Å²) < 4.78 is 68.3. The first-order valence-corrected chi connectivity index (χ1v) is 40.8. The molecule has 0 aliphatic rings. The Kier molecular flexibility index (Phi) is 67.0. The van der Waals surface area contributed by atoms with Crippen molar-refractivity contribution in [2.45, 2.75) is 341 Å². The average molecular weight is 1400 g/mol. The third-order valence-electron chi connectivity index (χ3n) is 15.9. The molecule has 5 atom stereocenters. The van der Waals surface area contributed by atoms with E-state index in [0.717, 1.165) is 122 Å². The molecule has 0 saturated carbocycles. The molecular formula is C77H136O17P2. The summed E-state index contributed by atoms with van der Waals surface area (Å²) in [5.41, 5.74) is 0. The van der Waals surface area contributed by atoms with E-state index < -0.39 is 97.5 Å². The second-order valence-electron chi connectivity index (χ2n) is 25.2. The van der Waals surface area contributed by atoms with Crippen LogP contribution >= 0.6 is 15.6 Å². The Hall–Kier alpha value is -3.76. The standard InChI is InChI=1S/C77H136O17P2/c1-5-9-13-17-21-25-29-31-33-34-35-36-38-40-44-46-50-54-58-62-75(80)88-68-73(94-77(82)64-60-56-52-48-42-28-24-20-16-12-8-4)70-92-96(85,86)90-66-71(78)65-89-95(83,84)91-69-72(93-76(81)63-59-55-51-47-41-27-23-19-15-11-7-3)67-87-74(79)61-57-53-49-45-43-39-37-32-30-26-22-18-14-10-6-2/h9,13,21,25,31-33,35-37,40,44,50,54,71-73,78H,5-8,10-12,14-20,22-24,26-30,34,38-39,41-43,45-49,51-53,55-70H2,1-4H3,(H,83,84)(H,85,86)/b13-9-,25-21-,33-31-,36-35-,37-32-,44-40-,54-50-. The number of unbranched alkanes of at least 4 members (excludes halogenated alkanes) is 31. The zero-order valence-electron chi connectivity index (χ0n) is 60.5. The molecule has 0 aliphatic heterocycles. The van der Waals surface area contributed by atoms with Crippen LogP contribution in [0, 0.1) is 0 Å².